The molecule has 0 aliphatic rings. The minimum Gasteiger partial charge on any atom is -0.390 e. The highest BCUT2D eigenvalue weighted by Crippen LogP contribution is 2.25. The van der Waals surface area contributed by atoms with Crippen molar-refractivity contribution >= 4 is 38.9 Å². The predicted octanol–water partition coefficient (Wildman–Crippen LogP) is 3.64. The Hall–Kier alpha value is -2.39. The van der Waals surface area contributed by atoms with E-state index in [0.29, 0.717) is 17.5 Å². The van der Waals surface area contributed by atoms with Crippen LogP contribution < -0.4 is 11.0 Å². The molecule has 0 saturated carbocycles. The average Bonchev–Trinajstić information content (AvgIpc) is 2.86. The van der Waals surface area contributed by atoms with Crippen LogP contribution >= 0.6 is 11.8 Å². The quantitative estimate of drug-likeness (QED) is 0.424. The molecule has 9 heteroatoms. The van der Waals surface area contributed by atoms with E-state index in [1.807, 2.05) is 20.8 Å². The molecule has 164 valence electrons. The molecule has 0 bridgehead atoms. The van der Waals surface area contributed by atoms with Crippen molar-refractivity contribution in [2.75, 3.05) is 0 Å². The zero-order valence-corrected chi connectivity index (χ0v) is 19.2. The third-order valence-electron chi connectivity index (χ3n) is 4.65. The first-order valence-electron chi connectivity index (χ1n) is 9.77. The van der Waals surface area contributed by atoms with Crippen molar-refractivity contribution in [2.24, 2.45) is 5.41 Å². The number of rotatable bonds is 5. The Morgan fingerprint density at radius 3 is 2.23 bits per heavy atom. The third kappa shape index (κ3) is 5.60. The normalized spacial score (nSPS) is 13.3. The van der Waals surface area contributed by atoms with Gasteiger partial charge in [-0.3, -0.25) is 15.4 Å². The summed E-state index contributed by atoms with van der Waals surface area (Å²) >= 11 is 0.982. The van der Waals surface area contributed by atoms with Gasteiger partial charge in [0.2, 0.25) is 0 Å². The molecule has 8 nitrogen and oxygen atoms in total. The van der Waals surface area contributed by atoms with Crippen molar-refractivity contribution in [3.8, 4) is 0 Å². The van der Waals surface area contributed by atoms with Crippen LogP contribution in [-0.2, 0) is 6.54 Å². The van der Waals surface area contributed by atoms with Crippen molar-refractivity contribution in [2.45, 2.75) is 66.2 Å². The number of nitrogens with one attached hydrogen (secondary N) is 3. The summed E-state index contributed by atoms with van der Waals surface area (Å²) in [7, 11) is 0. The molecule has 0 radical (unpaired) electrons. The molecular weight excluding hydrogens is 402 g/mol. The molecule has 4 N–H and O–H groups in total. The number of thioether (sulfide) groups is 1. The van der Waals surface area contributed by atoms with Crippen LogP contribution in [0.2, 0.25) is 0 Å². The van der Waals surface area contributed by atoms with Crippen LogP contribution in [0.1, 0.15) is 48.0 Å². The number of imidazole rings is 1. The lowest BCUT2D eigenvalue weighted by molar-refractivity contribution is 0.0663. The van der Waals surface area contributed by atoms with Crippen LogP contribution in [0, 0.1) is 16.2 Å². The predicted molar refractivity (Wildman–Crippen MR) is 123 cm³/mol. The molecule has 0 aliphatic heterocycles. The maximum Gasteiger partial charge on any atom is 0.337 e. The fraction of sp³-hybridized carbons (Fsp3) is 0.524. The Kier molecular flexibility index (Phi) is 6.98. The van der Waals surface area contributed by atoms with E-state index in [-0.39, 0.29) is 16.6 Å². The lowest BCUT2D eigenvalue weighted by Crippen LogP contribution is -2.51. The van der Waals surface area contributed by atoms with Gasteiger partial charge in [-0.05, 0) is 44.7 Å². The van der Waals surface area contributed by atoms with E-state index in [4.69, 9.17) is 10.8 Å². The van der Waals surface area contributed by atoms with Gasteiger partial charge >= 0.3 is 11.7 Å². The highest BCUT2D eigenvalue weighted by molar-refractivity contribution is 8.26. The number of carbonyl (C=O) groups excluding carboxylic acids is 1. The molecule has 0 spiro atoms. The molecule has 0 saturated heterocycles. The first kappa shape index (κ1) is 23.9. The number of fused-ring (bicyclic) bond motifs is 1. The summed E-state index contributed by atoms with van der Waals surface area (Å²) < 4.78 is 2.56. The monoisotopic (exact) mass is 433 g/mol. The summed E-state index contributed by atoms with van der Waals surface area (Å²) in [5.41, 5.74) is -0.857. The van der Waals surface area contributed by atoms with Gasteiger partial charge in [-0.15, -0.1) is 0 Å². The zero-order valence-electron chi connectivity index (χ0n) is 18.4. The van der Waals surface area contributed by atoms with Gasteiger partial charge in [-0.2, -0.15) is 0 Å². The molecule has 0 unspecified atom stereocenters. The maximum atomic E-state index is 13.2. The molecule has 1 amide bonds. The fourth-order valence-corrected chi connectivity index (χ4v) is 3.95. The number of aryl methyl sites for hydroxylation is 1. The SMILES string of the molecule is CC(=N)SC(=N)[C@@H](NC(=O)n1c(=O)n(CCC(C)(C)O)c2ccccc21)C(C)(C)C. The Balaban J connectivity index is 2.47. The molecule has 1 atom stereocenters. The van der Waals surface area contributed by atoms with Crippen LogP contribution in [0.5, 0.6) is 0 Å². The van der Waals surface area contributed by atoms with Crippen LogP contribution in [0.3, 0.4) is 0 Å². The van der Waals surface area contributed by atoms with Crippen molar-refractivity contribution in [1.82, 2.24) is 14.5 Å². The lowest BCUT2D eigenvalue weighted by Gasteiger charge is -2.31. The number of para-hydroxylation sites is 2. The smallest absolute Gasteiger partial charge is 0.337 e. The Bertz CT molecular complexity index is 1020. The number of benzene rings is 1. The summed E-state index contributed by atoms with van der Waals surface area (Å²) in [5.74, 6) is 0. The second kappa shape index (κ2) is 8.77. The van der Waals surface area contributed by atoms with Gasteiger partial charge in [0.15, 0.2) is 0 Å². The number of hydrogen-bond acceptors (Lipinski definition) is 6. The van der Waals surface area contributed by atoms with Crippen LogP contribution in [0.25, 0.3) is 11.0 Å². The van der Waals surface area contributed by atoms with E-state index in [1.54, 1.807) is 45.0 Å². The summed E-state index contributed by atoms with van der Waals surface area (Å²) in [6.07, 6.45) is 0.354. The van der Waals surface area contributed by atoms with Gasteiger partial charge in [0.25, 0.3) is 0 Å². The number of nitrogens with zero attached hydrogens (tertiary/aromatic N) is 2. The molecule has 1 heterocycles. The van der Waals surface area contributed by atoms with Gasteiger partial charge in [-0.25, -0.2) is 14.2 Å². The average molecular weight is 434 g/mol. The lowest BCUT2D eigenvalue weighted by atomic mass is 9.87. The number of aromatic nitrogens is 2. The number of aliphatic hydroxyl groups is 1. The summed E-state index contributed by atoms with van der Waals surface area (Å²) in [6, 6.07) is 5.73. The minimum atomic E-state index is -0.945. The topological polar surface area (TPSA) is 124 Å². The number of hydrogen-bond donors (Lipinski definition) is 4. The highest BCUT2D eigenvalue weighted by Gasteiger charge is 2.32. The second-order valence-corrected chi connectivity index (χ2v) is 10.3. The number of carbonyl (C=O) groups is 1. The maximum absolute atomic E-state index is 13.2. The Morgan fingerprint density at radius 1 is 1.17 bits per heavy atom. The summed E-state index contributed by atoms with van der Waals surface area (Å²) in [4.78, 5) is 26.3. The van der Waals surface area contributed by atoms with Gasteiger partial charge in [-0.1, -0.05) is 44.7 Å². The van der Waals surface area contributed by atoms with Crippen molar-refractivity contribution in [3.63, 3.8) is 0 Å². The van der Waals surface area contributed by atoms with E-state index in [2.05, 4.69) is 5.32 Å². The van der Waals surface area contributed by atoms with E-state index in [0.717, 1.165) is 16.3 Å². The van der Waals surface area contributed by atoms with Crippen LogP contribution in [0.15, 0.2) is 29.1 Å². The first-order chi connectivity index (χ1) is 13.7. The van der Waals surface area contributed by atoms with E-state index < -0.39 is 28.8 Å². The Labute approximate surface area is 180 Å². The van der Waals surface area contributed by atoms with Gasteiger partial charge in [0, 0.05) is 6.54 Å². The zero-order chi connectivity index (χ0) is 22.9. The fourth-order valence-electron chi connectivity index (χ4n) is 3.09. The summed E-state index contributed by atoms with van der Waals surface area (Å²) in [6.45, 7) is 10.9. The van der Waals surface area contributed by atoms with E-state index >= 15 is 0 Å². The van der Waals surface area contributed by atoms with Crippen LogP contribution in [-0.4, -0.2) is 42.0 Å². The molecule has 2 aromatic rings. The van der Waals surface area contributed by atoms with E-state index in [1.165, 1.54) is 4.57 Å². The first-order valence-corrected chi connectivity index (χ1v) is 10.6. The minimum absolute atomic E-state index is 0.141. The molecule has 2 rings (SSSR count). The standard InChI is InChI=1S/C21H31N5O3S/c1-13(22)30-17(23)16(20(2,3)4)24-18(27)26-15-10-8-7-9-14(15)25(19(26)28)12-11-21(5,6)29/h7-10,16,22-23,29H,11-12H2,1-6H3,(H,24,27)/t16-/m1/s1. The molecule has 0 fully saturated rings. The largest absolute Gasteiger partial charge is 0.390 e. The summed E-state index contributed by atoms with van der Waals surface area (Å²) in [5, 5.41) is 29.2. The van der Waals surface area contributed by atoms with Crippen LogP contribution in [0.4, 0.5) is 4.79 Å². The number of amides is 1. The Morgan fingerprint density at radius 2 is 1.73 bits per heavy atom. The molecule has 1 aromatic carbocycles. The highest BCUT2D eigenvalue weighted by atomic mass is 32.2. The van der Waals surface area contributed by atoms with Gasteiger partial charge in [0.05, 0.1) is 32.8 Å². The second-order valence-electron chi connectivity index (χ2n) is 9.09. The van der Waals surface area contributed by atoms with Crippen molar-refractivity contribution in [1.29, 1.82) is 10.8 Å². The van der Waals surface area contributed by atoms with Gasteiger partial charge < -0.3 is 10.4 Å². The molecule has 30 heavy (non-hydrogen) atoms. The molecule has 1 aromatic heterocycles. The van der Waals surface area contributed by atoms with Crippen molar-refractivity contribution < 1.29 is 9.90 Å². The van der Waals surface area contributed by atoms with Crippen molar-refractivity contribution in [3.05, 3.63) is 34.7 Å². The molecule has 0 aliphatic carbocycles. The third-order valence-corrected chi connectivity index (χ3v) is 5.41. The van der Waals surface area contributed by atoms with E-state index in [9.17, 15) is 14.7 Å². The molecular formula is C21H31N5O3S. The van der Waals surface area contributed by atoms with Gasteiger partial charge in [0.1, 0.15) is 0 Å².